The fourth-order valence-electron chi connectivity index (χ4n) is 2.95. The average Bonchev–Trinajstić information content (AvgIpc) is 2.71. The molecule has 1 N–H and O–H groups in total. The molecule has 2 unspecified atom stereocenters. The number of fused-ring (bicyclic) bond motifs is 2. The van der Waals surface area contributed by atoms with Crippen LogP contribution in [0.15, 0.2) is 18.2 Å². The van der Waals surface area contributed by atoms with Crippen molar-refractivity contribution in [1.29, 1.82) is 0 Å². The molecule has 0 saturated carbocycles. The molecule has 2 saturated heterocycles. The van der Waals surface area contributed by atoms with Crippen molar-refractivity contribution in [2.45, 2.75) is 31.6 Å². The number of carboxylic acid groups (broad SMARTS) is 1. The van der Waals surface area contributed by atoms with Crippen molar-refractivity contribution in [2.24, 2.45) is 0 Å². The topological polar surface area (TPSA) is 49.8 Å². The lowest BCUT2D eigenvalue weighted by atomic mass is 10.1. The van der Waals surface area contributed by atoms with Gasteiger partial charge in [-0.05, 0) is 30.5 Å². The van der Waals surface area contributed by atoms with E-state index in [1.165, 1.54) is 6.07 Å². The summed E-state index contributed by atoms with van der Waals surface area (Å²) >= 11 is 0. The first-order chi connectivity index (χ1) is 9.11. The normalized spacial score (nSPS) is 26.6. The number of rotatable bonds is 3. The van der Waals surface area contributed by atoms with Crippen molar-refractivity contribution >= 4 is 5.97 Å². The second-order valence-corrected chi connectivity index (χ2v) is 5.26. The Bertz CT molecular complexity index is 493. The first-order valence-electron chi connectivity index (χ1n) is 6.51. The van der Waals surface area contributed by atoms with Crippen molar-refractivity contribution in [1.82, 2.24) is 4.90 Å². The summed E-state index contributed by atoms with van der Waals surface area (Å²) in [5.74, 6) is -1.59. The van der Waals surface area contributed by atoms with Gasteiger partial charge in [-0.2, -0.15) is 0 Å². The highest BCUT2D eigenvalue weighted by Gasteiger charge is 2.33. The fourth-order valence-corrected chi connectivity index (χ4v) is 2.95. The molecule has 0 amide bonds. The highest BCUT2D eigenvalue weighted by molar-refractivity contribution is 5.89. The van der Waals surface area contributed by atoms with E-state index in [1.807, 2.05) is 0 Å². The molecule has 0 spiro atoms. The predicted octanol–water partition coefficient (Wildman–Crippen LogP) is 1.89. The number of benzene rings is 1. The minimum Gasteiger partial charge on any atom is -0.478 e. The number of ether oxygens (including phenoxy) is 1. The third kappa shape index (κ3) is 2.62. The van der Waals surface area contributed by atoms with Gasteiger partial charge >= 0.3 is 5.97 Å². The largest absolute Gasteiger partial charge is 0.478 e. The van der Waals surface area contributed by atoms with Gasteiger partial charge in [-0.1, -0.05) is 6.07 Å². The van der Waals surface area contributed by atoms with Crippen molar-refractivity contribution in [2.75, 3.05) is 13.1 Å². The van der Waals surface area contributed by atoms with Crippen molar-refractivity contribution < 1.29 is 19.0 Å². The number of likely N-dealkylation sites (tertiary alicyclic amines) is 1. The van der Waals surface area contributed by atoms with Crippen molar-refractivity contribution in [3.63, 3.8) is 0 Å². The molecular formula is C14H16FNO3. The zero-order chi connectivity index (χ0) is 13.4. The average molecular weight is 265 g/mol. The maximum atomic E-state index is 13.1. The molecule has 3 rings (SSSR count). The zero-order valence-corrected chi connectivity index (χ0v) is 10.5. The Hall–Kier alpha value is -1.46. The fraction of sp³-hybridized carbons (Fsp3) is 0.500. The van der Waals surface area contributed by atoms with Gasteiger partial charge in [0.25, 0.3) is 0 Å². The van der Waals surface area contributed by atoms with Gasteiger partial charge in [0.1, 0.15) is 5.82 Å². The van der Waals surface area contributed by atoms with Crippen LogP contribution in [0.3, 0.4) is 0 Å². The van der Waals surface area contributed by atoms with Crippen molar-refractivity contribution in [3.05, 3.63) is 35.1 Å². The molecule has 2 aliphatic rings. The second-order valence-electron chi connectivity index (χ2n) is 5.26. The van der Waals surface area contributed by atoms with Gasteiger partial charge in [0, 0.05) is 19.6 Å². The first-order valence-corrected chi connectivity index (χ1v) is 6.51. The minimum atomic E-state index is -1.08. The Morgan fingerprint density at radius 3 is 2.68 bits per heavy atom. The van der Waals surface area contributed by atoms with Gasteiger partial charge in [0.2, 0.25) is 0 Å². The molecule has 2 fully saturated rings. The van der Waals surface area contributed by atoms with E-state index in [4.69, 9.17) is 9.84 Å². The molecule has 2 atom stereocenters. The number of carboxylic acids is 1. The van der Waals surface area contributed by atoms with Crippen LogP contribution in [0.5, 0.6) is 0 Å². The Morgan fingerprint density at radius 1 is 1.37 bits per heavy atom. The number of halogens is 1. The summed E-state index contributed by atoms with van der Waals surface area (Å²) < 4.78 is 18.9. The number of hydrogen-bond donors (Lipinski definition) is 1. The molecule has 4 nitrogen and oxygen atoms in total. The van der Waals surface area contributed by atoms with E-state index in [9.17, 15) is 9.18 Å². The molecule has 5 heteroatoms. The van der Waals surface area contributed by atoms with Crippen LogP contribution >= 0.6 is 0 Å². The number of aromatic carboxylic acids is 1. The lowest BCUT2D eigenvalue weighted by Gasteiger charge is -2.32. The van der Waals surface area contributed by atoms with Gasteiger partial charge in [-0.25, -0.2) is 9.18 Å². The summed E-state index contributed by atoms with van der Waals surface area (Å²) in [5, 5.41) is 9.13. The van der Waals surface area contributed by atoms with Gasteiger partial charge < -0.3 is 9.84 Å². The van der Waals surface area contributed by atoms with E-state index in [0.717, 1.165) is 32.0 Å². The first kappa shape index (κ1) is 12.6. The molecule has 19 heavy (non-hydrogen) atoms. The van der Waals surface area contributed by atoms with Gasteiger partial charge in [-0.3, -0.25) is 4.90 Å². The number of hydrogen-bond acceptors (Lipinski definition) is 3. The monoisotopic (exact) mass is 265 g/mol. The summed E-state index contributed by atoms with van der Waals surface area (Å²) in [6.45, 7) is 2.19. The second kappa shape index (κ2) is 4.90. The third-order valence-corrected chi connectivity index (χ3v) is 3.82. The van der Waals surface area contributed by atoms with Gasteiger partial charge in [0.05, 0.1) is 17.8 Å². The number of carbonyl (C=O) groups is 1. The summed E-state index contributed by atoms with van der Waals surface area (Å²) in [5.41, 5.74) is 0.717. The van der Waals surface area contributed by atoms with Crippen LogP contribution in [0.2, 0.25) is 0 Å². The highest BCUT2D eigenvalue weighted by atomic mass is 19.1. The molecule has 0 aliphatic carbocycles. The van der Waals surface area contributed by atoms with Crippen LogP contribution in [0.1, 0.15) is 28.8 Å². The quantitative estimate of drug-likeness (QED) is 0.906. The summed E-state index contributed by atoms with van der Waals surface area (Å²) in [7, 11) is 0. The third-order valence-electron chi connectivity index (χ3n) is 3.82. The standard InChI is InChI=1S/C14H16FNO3/c15-10-2-1-9(13(5-10)14(17)18)6-16-7-11-3-4-12(8-16)19-11/h1-2,5,11-12H,3-4,6-8H2,(H,17,18). The smallest absolute Gasteiger partial charge is 0.336 e. The zero-order valence-electron chi connectivity index (χ0n) is 10.5. The maximum Gasteiger partial charge on any atom is 0.336 e. The van der Waals surface area contributed by atoms with E-state index in [0.29, 0.717) is 12.1 Å². The minimum absolute atomic E-state index is 0.0545. The highest BCUT2D eigenvalue weighted by Crippen LogP contribution is 2.27. The molecule has 1 aromatic rings. The van der Waals surface area contributed by atoms with Crippen LogP contribution in [0.4, 0.5) is 4.39 Å². The van der Waals surface area contributed by atoms with E-state index in [2.05, 4.69) is 4.90 Å². The molecule has 2 bridgehead atoms. The van der Waals surface area contributed by atoms with E-state index >= 15 is 0 Å². The predicted molar refractivity (Wildman–Crippen MR) is 66.5 cm³/mol. The van der Waals surface area contributed by atoms with E-state index in [-0.39, 0.29) is 17.8 Å². The van der Waals surface area contributed by atoms with E-state index in [1.54, 1.807) is 6.07 Å². The molecular weight excluding hydrogens is 249 g/mol. The summed E-state index contributed by atoms with van der Waals surface area (Å²) in [6, 6.07) is 3.97. The van der Waals surface area contributed by atoms with Crippen LogP contribution in [0, 0.1) is 5.82 Å². The molecule has 2 heterocycles. The summed E-state index contributed by atoms with van der Waals surface area (Å²) in [6.07, 6.45) is 2.70. The number of morpholine rings is 1. The van der Waals surface area contributed by atoms with Crippen LogP contribution in [-0.4, -0.2) is 41.3 Å². The Kier molecular flexibility index (Phi) is 3.24. The molecule has 102 valence electrons. The molecule has 1 aromatic carbocycles. The van der Waals surface area contributed by atoms with E-state index < -0.39 is 11.8 Å². The molecule has 2 aliphatic heterocycles. The maximum absolute atomic E-state index is 13.1. The molecule has 0 aromatic heterocycles. The van der Waals surface area contributed by atoms with Crippen LogP contribution in [-0.2, 0) is 11.3 Å². The lowest BCUT2D eigenvalue weighted by Crippen LogP contribution is -2.42. The van der Waals surface area contributed by atoms with Gasteiger partial charge in [0.15, 0.2) is 0 Å². The number of nitrogens with zero attached hydrogens (tertiary/aromatic N) is 1. The lowest BCUT2D eigenvalue weighted by molar-refractivity contribution is -0.0411. The van der Waals surface area contributed by atoms with Crippen LogP contribution in [0.25, 0.3) is 0 Å². The summed E-state index contributed by atoms with van der Waals surface area (Å²) in [4.78, 5) is 13.3. The van der Waals surface area contributed by atoms with Crippen LogP contribution < -0.4 is 0 Å². The Balaban J connectivity index is 1.78. The molecule has 0 radical (unpaired) electrons. The Morgan fingerprint density at radius 2 is 2.05 bits per heavy atom. The van der Waals surface area contributed by atoms with Crippen molar-refractivity contribution in [3.8, 4) is 0 Å². The Labute approximate surface area is 110 Å². The van der Waals surface area contributed by atoms with Gasteiger partial charge in [-0.15, -0.1) is 0 Å². The SMILES string of the molecule is O=C(O)c1cc(F)ccc1CN1CC2CCC(C1)O2.